The fourth-order valence-corrected chi connectivity index (χ4v) is 1.56. The highest BCUT2D eigenvalue weighted by Gasteiger charge is 2.34. The summed E-state index contributed by atoms with van der Waals surface area (Å²) in [6.45, 7) is 0. The summed E-state index contributed by atoms with van der Waals surface area (Å²) in [5.41, 5.74) is -0.745. The van der Waals surface area contributed by atoms with Crippen molar-refractivity contribution in [3.05, 3.63) is 17.2 Å². The van der Waals surface area contributed by atoms with Gasteiger partial charge >= 0.3 is 6.36 Å². The molecule has 0 bridgehead atoms. The van der Waals surface area contributed by atoms with E-state index in [0.29, 0.717) is 0 Å². The van der Waals surface area contributed by atoms with E-state index in [9.17, 15) is 22.0 Å². The molecule has 0 fully saturated rings. The second kappa shape index (κ2) is 5.68. The normalized spacial score (nSPS) is 11.8. The quantitative estimate of drug-likeness (QED) is 0.619. The number of alkyl halides is 6. The van der Waals surface area contributed by atoms with Crippen LogP contribution in [-0.4, -0.2) is 18.5 Å². The molecule has 0 aliphatic rings. The molecular formula is C9H7BrF5NO2. The van der Waals surface area contributed by atoms with Gasteiger partial charge in [-0.3, -0.25) is 0 Å². The second-order valence-electron chi connectivity index (χ2n) is 3.03. The Labute approximate surface area is 107 Å². The molecule has 3 nitrogen and oxygen atoms in total. The van der Waals surface area contributed by atoms with Crippen LogP contribution in [0.25, 0.3) is 0 Å². The third kappa shape index (κ3) is 3.69. The van der Waals surface area contributed by atoms with Crippen molar-refractivity contribution in [2.45, 2.75) is 18.1 Å². The number of halogens is 6. The molecule has 18 heavy (non-hydrogen) atoms. The van der Waals surface area contributed by atoms with Gasteiger partial charge < -0.3 is 9.47 Å². The Morgan fingerprint density at radius 2 is 1.94 bits per heavy atom. The molecule has 0 spiro atoms. The van der Waals surface area contributed by atoms with Gasteiger partial charge in [0.1, 0.15) is 0 Å². The predicted octanol–water partition coefficient (Wildman–Crippen LogP) is 3.82. The van der Waals surface area contributed by atoms with Crippen molar-refractivity contribution in [2.75, 3.05) is 7.11 Å². The number of hydrogen-bond donors (Lipinski definition) is 0. The highest BCUT2D eigenvalue weighted by molar-refractivity contribution is 9.08. The Bertz CT molecular complexity index is 424. The lowest BCUT2D eigenvalue weighted by molar-refractivity contribution is -0.276. The van der Waals surface area contributed by atoms with E-state index in [1.165, 1.54) is 0 Å². The third-order valence-electron chi connectivity index (χ3n) is 1.84. The van der Waals surface area contributed by atoms with E-state index in [2.05, 4.69) is 30.4 Å². The highest BCUT2D eigenvalue weighted by atomic mass is 79.9. The van der Waals surface area contributed by atoms with Crippen molar-refractivity contribution in [1.82, 2.24) is 4.98 Å². The van der Waals surface area contributed by atoms with E-state index in [-0.39, 0.29) is 10.9 Å². The first kappa shape index (κ1) is 14.9. The van der Waals surface area contributed by atoms with Crippen LogP contribution >= 0.6 is 15.9 Å². The molecule has 0 aliphatic carbocycles. The highest BCUT2D eigenvalue weighted by Crippen LogP contribution is 2.34. The van der Waals surface area contributed by atoms with Crippen molar-refractivity contribution in [3.8, 4) is 11.8 Å². The fourth-order valence-electron chi connectivity index (χ4n) is 1.15. The third-order valence-corrected chi connectivity index (χ3v) is 2.44. The van der Waals surface area contributed by atoms with Crippen molar-refractivity contribution in [3.63, 3.8) is 0 Å². The molecule has 102 valence electrons. The van der Waals surface area contributed by atoms with Gasteiger partial charge in [-0.15, -0.1) is 13.2 Å². The first-order valence-electron chi connectivity index (χ1n) is 4.46. The van der Waals surface area contributed by atoms with Crippen molar-refractivity contribution in [1.29, 1.82) is 0 Å². The zero-order valence-electron chi connectivity index (χ0n) is 8.89. The van der Waals surface area contributed by atoms with Gasteiger partial charge in [0, 0.05) is 10.9 Å². The van der Waals surface area contributed by atoms with Crippen LogP contribution in [0.4, 0.5) is 22.0 Å². The molecule has 0 N–H and O–H groups in total. The van der Waals surface area contributed by atoms with Crippen molar-refractivity contribution in [2.24, 2.45) is 0 Å². The Kier molecular flexibility index (Phi) is 4.71. The van der Waals surface area contributed by atoms with Gasteiger partial charge in [0.25, 0.3) is 6.43 Å². The van der Waals surface area contributed by atoms with Crippen LogP contribution < -0.4 is 9.47 Å². The molecule has 1 aromatic heterocycles. The summed E-state index contributed by atoms with van der Waals surface area (Å²) in [7, 11) is 1.03. The molecule has 0 unspecified atom stereocenters. The molecule has 0 aliphatic heterocycles. The van der Waals surface area contributed by atoms with Gasteiger partial charge in [0.15, 0.2) is 0 Å². The zero-order valence-corrected chi connectivity index (χ0v) is 10.5. The molecule has 0 atom stereocenters. The van der Waals surface area contributed by atoms with E-state index in [1.807, 2.05) is 0 Å². The second-order valence-corrected chi connectivity index (χ2v) is 3.59. The molecule has 1 heterocycles. The van der Waals surface area contributed by atoms with Crippen LogP contribution in [-0.2, 0) is 5.33 Å². The van der Waals surface area contributed by atoms with Crippen LogP contribution in [0, 0.1) is 0 Å². The lowest BCUT2D eigenvalue weighted by atomic mass is 10.2. The fraction of sp³-hybridized carbons (Fsp3) is 0.444. The Morgan fingerprint density at radius 3 is 2.33 bits per heavy atom. The minimum Gasteiger partial charge on any atom is -0.481 e. The smallest absolute Gasteiger partial charge is 0.481 e. The first-order valence-corrected chi connectivity index (χ1v) is 5.58. The number of aromatic nitrogens is 1. The average molecular weight is 336 g/mol. The molecule has 0 saturated heterocycles. The maximum Gasteiger partial charge on any atom is 0.574 e. The van der Waals surface area contributed by atoms with Gasteiger partial charge in [-0.25, -0.2) is 8.78 Å². The number of ether oxygens (including phenoxy) is 2. The number of nitrogens with zero attached hydrogens (tertiary/aromatic N) is 1. The van der Waals surface area contributed by atoms with Gasteiger partial charge in [-0.05, 0) is 6.07 Å². The topological polar surface area (TPSA) is 31.4 Å². The average Bonchev–Trinajstić information content (AvgIpc) is 2.25. The lowest BCUT2D eigenvalue weighted by Crippen LogP contribution is -2.19. The van der Waals surface area contributed by atoms with Crippen molar-refractivity contribution >= 4 is 15.9 Å². The largest absolute Gasteiger partial charge is 0.574 e. The van der Waals surface area contributed by atoms with E-state index in [4.69, 9.17) is 0 Å². The molecule has 0 amide bonds. The molecule has 1 aromatic rings. The van der Waals surface area contributed by atoms with E-state index in [0.717, 1.165) is 13.2 Å². The summed E-state index contributed by atoms with van der Waals surface area (Å²) < 4.78 is 69.6. The van der Waals surface area contributed by atoms with Crippen LogP contribution in [0.2, 0.25) is 0 Å². The number of methoxy groups -OCH3 is 1. The lowest BCUT2D eigenvalue weighted by Gasteiger charge is -2.14. The summed E-state index contributed by atoms with van der Waals surface area (Å²) in [6.07, 6.45) is -7.87. The molecule has 0 radical (unpaired) electrons. The number of pyridine rings is 1. The first-order chi connectivity index (χ1) is 8.28. The monoisotopic (exact) mass is 335 g/mol. The van der Waals surface area contributed by atoms with Crippen LogP contribution in [0.15, 0.2) is 6.07 Å². The summed E-state index contributed by atoms with van der Waals surface area (Å²) in [5, 5.41) is -0.116. The van der Waals surface area contributed by atoms with Crippen LogP contribution in [0.5, 0.6) is 11.8 Å². The summed E-state index contributed by atoms with van der Waals surface area (Å²) >= 11 is 2.87. The molecule has 9 heteroatoms. The van der Waals surface area contributed by atoms with E-state index in [1.54, 1.807) is 0 Å². The van der Waals surface area contributed by atoms with Gasteiger partial charge in [0.05, 0.1) is 12.7 Å². The molecule has 0 saturated carbocycles. The maximum absolute atomic E-state index is 12.6. The van der Waals surface area contributed by atoms with E-state index >= 15 is 0 Å². The maximum atomic E-state index is 12.6. The van der Waals surface area contributed by atoms with Crippen molar-refractivity contribution < 1.29 is 31.4 Å². The standard InChI is InChI=1S/C9H7BrF5NO2/c1-17-8-5(6(11)12)2-4(3-10)7(16-8)18-9(13,14)15/h2,6H,3H2,1H3. The SMILES string of the molecule is COc1nc(OC(F)(F)F)c(CBr)cc1C(F)F. The minimum absolute atomic E-state index is 0.116. The Balaban J connectivity index is 3.26. The Morgan fingerprint density at radius 1 is 1.33 bits per heavy atom. The summed E-state index contributed by atoms with van der Waals surface area (Å²) in [4.78, 5) is 3.29. The van der Waals surface area contributed by atoms with Crippen LogP contribution in [0.1, 0.15) is 17.6 Å². The minimum atomic E-state index is -4.96. The van der Waals surface area contributed by atoms with Gasteiger partial charge in [0.2, 0.25) is 11.8 Å². The summed E-state index contributed by atoms with van der Waals surface area (Å²) in [6, 6.07) is 0.853. The van der Waals surface area contributed by atoms with Gasteiger partial charge in [-0.1, -0.05) is 15.9 Å². The summed E-state index contributed by atoms with van der Waals surface area (Å²) in [5.74, 6) is -1.42. The molecule has 0 aromatic carbocycles. The molecular weight excluding hydrogens is 329 g/mol. The van der Waals surface area contributed by atoms with Gasteiger partial charge in [-0.2, -0.15) is 4.98 Å². The molecule has 1 rings (SSSR count). The number of rotatable bonds is 4. The predicted molar refractivity (Wildman–Crippen MR) is 55.1 cm³/mol. The van der Waals surface area contributed by atoms with Crippen LogP contribution in [0.3, 0.4) is 0 Å². The zero-order chi connectivity index (χ0) is 13.9. The number of hydrogen-bond acceptors (Lipinski definition) is 3. The Hall–Kier alpha value is -1.12. The van der Waals surface area contributed by atoms with E-state index < -0.39 is 30.1 Å².